The topological polar surface area (TPSA) is 33.6 Å². The maximum Gasteiger partial charge on any atom is 0.178 e. The molecule has 0 aliphatic rings. The number of para-hydroxylation sites is 2. The molecular formula is C12H11N3S2. The first kappa shape index (κ1) is 10.7. The highest BCUT2D eigenvalue weighted by atomic mass is 32.1. The molecule has 3 aromatic rings. The molecule has 3 rings (SSSR count). The van der Waals surface area contributed by atoms with Crippen molar-refractivity contribution >= 4 is 34.6 Å². The first-order chi connectivity index (χ1) is 8.25. The van der Waals surface area contributed by atoms with Crippen LogP contribution in [-0.4, -0.2) is 14.5 Å². The predicted octanol–water partition coefficient (Wildman–Crippen LogP) is 3.51. The third kappa shape index (κ3) is 1.81. The third-order valence-electron chi connectivity index (χ3n) is 2.83. The summed E-state index contributed by atoms with van der Waals surface area (Å²) in [4.78, 5) is 8.74. The normalized spacial score (nSPS) is 11.1. The Morgan fingerprint density at radius 3 is 3.00 bits per heavy atom. The SMILES string of the molecule is Cc1ncsc1Cn1c(=S)[nH]c2ccccc21. The Morgan fingerprint density at radius 1 is 1.41 bits per heavy atom. The molecule has 1 aromatic carbocycles. The number of benzene rings is 1. The minimum absolute atomic E-state index is 0.763. The number of fused-ring (bicyclic) bond motifs is 1. The van der Waals surface area contributed by atoms with E-state index in [9.17, 15) is 0 Å². The molecule has 0 atom stereocenters. The summed E-state index contributed by atoms with van der Waals surface area (Å²) < 4.78 is 2.88. The number of aromatic nitrogens is 3. The van der Waals surface area contributed by atoms with Crippen LogP contribution in [-0.2, 0) is 6.54 Å². The molecular weight excluding hydrogens is 250 g/mol. The Labute approximate surface area is 108 Å². The molecule has 0 fully saturated rings. The minimum atomic E-state index is 0.763. The summed E-state index contributed by atoms with van der Waals surface area (Å²) in [5.74, 6) is 0. The van der Waals surface area contributed by atoms with Crippen molar-refractivity contribution < 1.29 is 0 Å². The number of rotatable bonds is 2. The second-order valence-corrected chi connectivity index (χ2v) is 5.22. The summed E-state index contributed by atoms with van der Waals surface area (Å²) in [5, 5.41) is 0. The second-order valence-electron chi connectivity index (χ2n) is 3.89. The van der Waals surface area contributed by atoms with Crippen molar-refractivity contribution in [3.8, 4) is 0 Å². The van der Waals surface area contributed by atoms with Crippen LogP contribution in [0.3, 0.4) is 0 Å². The summed E-state index contributed by atoms with van der Waals surface area (Å²) in [7, 11) is 0. The molecule has 0 bridgehead atoms. The molecule has 1 N–H and O–H groups in total. The smallest absolute Gasteiger partial charge is 0.178 e. The number of H-pyrrole nitrogens is 1. The van der Waals surface area contributed by atoms with E-state index >= 15 is 0 Å². The fraction of sp³-hybridized carbons (Fsp3) is 0.167. The molecule has 5 heteroatoms. The first-order valence-corrected chi connectivity index (χ1v) is 6.61. The van der Waals surface area contributed by atoms with Gasteiger partial charge in [0.1, 0.15) is 0 Å². The minimum Gasteiger partial charge on any atom is -0.331 e. The largest absolute Gasteiger partial charge is 0.331 e. The molecule has 17 heavy (non-hydrogen) atoms. The van der Waals surface area contributed by atoms with E-state index in [4.69, 9.17) is 12.2 Å². The van der Waals surface area contributed by atoms with Gasteiger partial charge in [-0.05, 0) is 31.3 Å². The molecule has 2 heterocycles. The van der Waals surface area contributed by atoms with E-state index in [1.54, 1.807) is 11.3 Å². The highest BCUT2D eigenvalue weighted by Gasteiger charge is 2.07. The zero-order valence-electron chi connectivity index (χ0n) is 9.30. The molecule has 0 radical (unpaired) electrons. The molecule has 2 aromatic heterocycles. The fourth-order valence-corrected chi connectivity index (χ4v) is 2.92. The molecule has 0 saturated heterocycles. The van der Waals surface area contributed by atoms with Crippen LogP contribution in [0.15, 0.2) is 29.8 Å². The van der Waals surface area contributed by atoms with Gasteiger partial charge >= 0.3 is 0 Å². The van der Waals surface area contributed by atoms with Crippen LogP contribution in [0.1, 0.15) is 10.6 Å². The van der Waals surface area contributed by atoms with Crippen LogP contribution in [0.25, 0.3) is 11.0 Å². The van der Waals surface area contributed by atoms with E-state index in [0.717, 1.165) is 28.0 Å². The van der Waals surface area contributed by atoms with E-state index in [2.05, 4.69) is 20.6 Å². The van der Waals surface area contributed by atoms with Gasteiger partial charge in [0.05, 0.1) is 28.8 Å². The molecule has 0 aliphatic carbocycles. The quantitative estimate of drug-likeness (QED) is 0.716. The highest BCUT2D eigenvalue weighted by Crippen LogP contribution is 2.19. The lowest BCUT2D eigenvalue weighted by atomic mass is 10.3. The average Bonchev–Trinajstić information content (AvgIpc) is 2.85. The van der Waals surface area contributed by atoms with Crippen LogP contribution in [0.5, 0.6) is 0 Å². The van der Waals surface area contributed by atoms with Gasteiger partial charge in [0.25, 0.3) is 0 Å². The van der Waals surface area contributed by atoms with Crippen LogP contribution in [0, 0.1) is 11.7 Å². The highest BCUT2D eigenvalue weighted by molar-refractivity contribution is 7.71. The van der Waals surface area contributed by atoms with Crippen molar-refractivity contribution in [2.75, 3.05) is 0 Å². The van der Waals surface area contributed by atoms with Gasteiger partial charge in [-0.1, -0.05) is 12.1 Å². The maximum absolute atomic E-state index is 5.36. The number of imidazole rings is 1. The van der Waals surface area contributed by atoms with Crippen molar-refractivity contribution in [3.63, 3.8) is 0 Å². The number of nitrogens with zero attached hydrogens (tertiary/aromatic N) is 2. The number of nitrogens with one attached hydrogen (secondary N) is 1. The van der Waals surface area contributed by atoms with Crippen LogP contribution < -0.4 is 0 Å². The first-order valence-electron chi connectivity index (χ1n) is 5.32. The molecule has 0 aliphatic heterocycles. The van der Waals surface area contributed by atoms with Gasteiger partial charge < -0.3 is 9.55 Å². The fourth-order valence-electron chi connectivity index (χ4n) is 1.89. The molecule has 0 spiro atoms. The number of aromatic amines is 1. The standard InChI is InChI=1S/C12H11N3S2/c1-8-11(17-7-13-8)6-15-10-5-3-2-4-9(10)14-12(15)16/h2-5,7H,6H2,1H3,(H,14,16). The van der Waals surface area contributed by atoms with Gasteiger partial charge in [0.2, 0.25) is 0 Å². The van der Waals surface area contributed by atoms with Crippen molar-refractivity contribution in [2.45, 2.75) is 13.5 Å². The van der Waals surface area contributed by atoms with E-state index in [-0.39, 0.29) is 0 Å². The van der Waals surface area contributed by atoms with E-state index in [1.165, 1.54) is 4.88 Å². The molecule has 0 amide bonds. The number of aryl methyl sites for hydroxylation is 1. The van der Waals surface area contributed by atoms with Crippen LogP contribution in [0.4, 0.5) is 0 Å². The monoisotopic (exact) mass is 261 g/mol. The Hall–Kier alpha value is -1.46. The Balaban J connectivity index is 2.15. The van der Waals surface area contributed by atoms with Gasteiger partial charge in [-0.15, -0.1) is 11.3 Å². The van der Waals surface area contributed by atoms with Crippen LogP contribution in [0.2, 0.25) is 0 Å². The lowest BCUT2D eigenvalue weighted by molar-refractivity contribution is 0.815. The second kappa shape index (κ2) is 4.09. The van der Waals surface area contributed by atoms with Crippen molar-refractivity contribution in [1.29, 1.82) is 0 Å². The lowest BCUT2D eigenvalue weighted by Crippen LogP contribution is -1.99. The summed E-state index contributed by atoms with van der Waals surface area (Å²) in [6.45, 7) is 2.82. The van der Waals surface area contributed by atoms with E-state index in [0.29, 0.717) is 0 Å². The van der Waals surface area contributed by atoms with Crippen molar-refractivity contribution in [3.05, 3.63) is 45.1 Å². The summed E-state index contributed by atoms with van der Waals surface area (Å²) >= 11 is 7.03. The Bertz CT molecular complexity index is 721. The average molecular weight is 261 g/mol. The van der Waals surface area contributed by atoms with Crippen LogP contribution >= 0.6 is 23.6 Å². The predicted molar refractivity (Wildman–Crippen MR) is 73.1 cm³/mol. The van der Waals surface area contributed by atoms with E-state index < -0.39 is 0 Å². The Kier molecular flexibility index (Phi) is 2.57. The molecule has 86 valence electrons. The van der Waals surface area contributed by atoms with Gasteiger partial charge in [0, 0.05) is 4.88 Å². The van der Waals surface area contributed by atoms with Gasteiger partial charge in [-0.2, -0.15) is 0 Å². The summed E-state index contributed by atoms with van der Waals surface area (Å²) in [6.07, 6.45) is 0. The number of hydrogen-bond acceptors (Lipinski definition) is 3. The summed E-state index contributed by atoms with van der Waals surface area (Å²) in [5.41, 5.74) is 5.19. The van der Waals surface area contributed by atoms with Crippen molar-refractivity contribution in [2.24, 2.45) is 0 Å². The zero-order chi connectivity index (χ0) is 11.8. The molecule has 3 nitrogen and oxygen atoms in total. The third-order valence-corrected chi connectivity index (χ3v) is 4.07. The molecule has 0 saturated carbocycles. The van der Waals surface area contributed by atoms with Gasteiger partial charge in [-0.3, -0.25) is 0 Å². The lowest BCUT2D eigenvalue weighted by Gasteiger charge is -2.02. The van der Waals surface area contributed by atoms with Crippen molar-refractivity contribution in [1.82, 2.24) is 14.5 Å². The maximum atomic E-state index is 5.36. The summed E-state index contributed by atoms with van der Waals surface area (Å²) in [6, 6.07) is 8.16. The number of hydrogen-bond donors (Lipinski definition) is 1. The number of thiazole rings is 1. The Morgan fingerprint density at radius 2 is 2.24 bits per heavy atom. The van der Waals surface area contributed by atoms with E-state index in [1.807, 2.05) is 30.6 Å². The molecule has 0 unspecified atom stereocenters. The van der Waals surface area contributed by atoms with Gasteiger partial charge in [0.15, 0.2) is 4.77 Å². The zero-order valence-corrected chi connectivity index (χ0v) is 10.9. The van der Waals surface area contributed by atoms with Gasteiger partial charge in [-0.25, -0.2) is 4.98 Å².